The second-order valence-corrected chi connectivity index (χ2v) is 4.42. The highest BCUT2D eigenvalue weighted by Crippen LogP contribution is 2.29. The second-order valence-electron chi connectivity index (χ2n) is 4.42. The largest absolute Gasteiger partial charge is 0.497 e. The molecular weight excluding hydrogens is 245 g/mol. The van der Waals surface area contributed by atoms with E-state index in [4.69, 9.17) is 4.74 Å². The zero-order valence-corrected chi connectivity index (χ0v) is 10.6. The monoisotopic (exact) mass is 259 g/mol. The summed E-state index contributed by atoms with van der Waals surface area (Å²) in [6.45, 7) is 1.57. The van der Waals surface area contributed by atoms with Crippen LogP contribution in [0.4, 0.5) is 4.39 Å². The van der Waals surface area contributed by atoms with Crippen LogP contribution in [0.5, 0.6) is 5.75 Å². The predicted molar refractivity (Wildman–Crippen MR) is 69.4 cm³/mol. The van der Waals surface area contributed by atoms with Crippen LogP contribution in [0.3, 0.4) is 0 Å². The third kappa shape index (κ3) is 2.17. The zero-order chi connectivity index (χ0) is 13.2. The Balaban J connectivity index is 2.12. The van der Waals surface area contributed by atoms with Crippen LogP contribution < -0.4 is 10.1 Å². The second kappa shape index (κ2) is 4.93. The molecule has 3 rings (SSSR count). The van der Waals surface area contributed by atoms with Crippen LogP contribution >= 0.6 is 0 Å². The molecule has 0 saturated heterocycles. The summed E-state index contributed by atoms with van der Waals surface area (Å²) in [7, 11) is 1.52. The highest BCUT2D eigenvalue weighted by molar-refractivity contribution is 5.65. The van der Waals surface area contributed by atoms with E-state index in [0.717, 1.165) is 24.2 Å². The van der Waals surface area contributed by atoms with Gasteiger partial charge in [-0.1, -0.05) is 0 Å². The van der Waals surface area contributed by atoms with Gasteiger partial charge in [-0.3, -0.25) is 0 Å². The lowest BCUT2D eigenvalue weighted by atomic mass is 10.00. The molecule has 1 aromatic carbocycles. The molecule has 0 bridgehead atoms. The fraction of sp³-hybridized carbons (Fsp3) is 0.286. The van der Waals surface area contributed by atoms with Gasteiger partial charge in [0.2, 0.25) is 0 Å². The Morgan fingerprint density at radius 2 is 2.21 bits per heavy atom. The Hall–Kier alpha value is -2.01. The number of nitrogens with zero attached hydrogens (tertiary/aromatic N) is 2. The van der Waals surface area contributed by atoms with E-state index in [-0.39, 0.29) is 5.82 Å². The number of hydrogen-bond acceptors (Lipinski definition) is 4. The van der Waals surface area contributed by atoms with Crippen LogP contribution in [0.2, 0.25) is 0 Å². The number of rotatable bonds is 2. The molecule has 0 spiro atoms. The summed E-state index contributed by atoms with van der Waals surface area (Å²) in [6, 6.07) is 4.81. The molecule has 5 heteroatoms. The van der Waals surface area contributed by atoms with Crippen LogP contribution in [0.15, 0.2) is 24.5 Å². The minimum absolute atomic E-state index is 0.328. The summed E-state index contributed by atoms with van der Waals surface area (Å²) in [6.07, 6.45) is 2.35. The summed E-state index contributed by atoms with van der Waals surface area (Å²) >= 11 is 0. The Kier molecular flexibility index (Phi) is 3.13. The first-order valence-corrected chi connectivity index (χ1v) is 6.17. The number of halogens is 1. The van der Waals surface area contributed by atoms with E-state index >= 15 is 0 Å². The van der Waals surface area contributed by atoms with E-state index < -0.39 is 0 Å². The first kappa shape index (κ1) is 12.0. The van der Waals surface area contributed by atoms with Gasteiger partial charge >= 0.3 is 0 Å². The fourth-order valence-electron chi connectivity index (χ4n) is 2.32. The molecule has 1 N–H and O–H groups in total. The lowest BCUT2D eigenvalue weighted by Gasteiger charge is -2.18. The van der Waals surface area contributed by atoms with E-state index in [1.54, 1.807) is 12.1 Å². The van der Waals surface area contributed by atoms with Gasteiger partial charge in [-0.2, -0.15) is 0 Å². The van der Waals surface area contributed by atoms with E-state index in [1.807, 2.05) is 0 Å². The van der Waals surface area contributed by atoms with Crippen molar-refractivity contribution in [2.75, 3.05) is 13.7 Å². The normalized spacial score (nSPS) is 14.0. The minimum atomic E-state index is -0.328. The van der Waals surface area contributed by atoms with Crippen molar-refractivity contribution in [2.24, 2.45) is 0 Å². The minimum Gasteiger partial charge on any atom is -0.497 e. The lowest BCUT2D eigenvalue weighted by molar-refractivity contribution is 0.411. The van der Waals surface area contributed by atoms with Gasteiger partial charge in [0.1, 0.15) is 17.9 Å². The van der Waals surface area contributed by atoms with E-state index in [0.29, 0.717) is 23.6 Å². The highest BCUT2D eigenvalue weighted by atomic mass is 19.1. The van der Waals surface area contributed by atoms with Gasteiger partial charge in [0, 0.05) is 36.7 Å². The van der Waals surface area contributed by atoms with Gasteiger partial charge in [0.25, 0.3) is 0 Å². The molecule has 0 fully saturated rings. The Morgan fingerprint density at radius 3 is 3.00 bits per heavy atom. The number of nitrogens with one attached hydrogen (secondary N) is 1. The molecule has 0 unspecified atom stereocenters. The Morgan fingerprint density at radius 1 is 1.32 bits per heavy atom. The smallest absolute Gasteiger partial charge is 0.136 e. The lowest BCUT2D eigenvalue weighted by Crippen LogP contribution is -2.25. The van der Waals surface area contributed by atoms with E-state index in [2.05, 4.69) is 15.3 Å². The van der Waals surface area contributed by atoms with Crippen LogP contribution in [0.25, 0.3) is 11.3 Å². The van der Waals surface area contributed by atoms with Crippen molar-refractivity contribution in [3.8, 4) is 17.0 Å². The molecule has 2 heterocycles. The number of methoxy groups -OCH3 is 1. The van der Waals surface area contributed by atoms with E-state index in [1.165, 1.54) is 19.5 Å². The van der Waals surface area contributed by atoms with Gasteiger partial charge in [-0.05, 0) is 12.1 Å². The zero-order valence-electron chi connectivity index (χ0n) is 10.6. The average molecular weight is 259 g/mol. The molecule has 0 radical (unpaired) electrons. The van der Waals surface area contributed by atoms with Gasteiger partial charge in [0.15, 0.2) is 0 Å². The summed E-state index contributed by atoms with van der Waals surface area (Å²) < 4.78 is 19.1. The Bertz CT molecular complexity index is 616. The van der Waals surface area contributed by atoms with Crippen molar-refractivity contribution in [2.45, 2.75) is 13.0 Å². The predicted octanol–water partition coefficient (Wildman–Crippen LogP) is 1.94. The number of benzene rings is 1. The third-order valence-electron chi connectivity index (χ3n) is 3.31. The highest BCUT2D eigenvalue weighted by Gasteiger charge is 2.18. The maximum atomic E-state index is 14.1. The molecule has 19 heavy (non-hydrogen) atoms. The van der Waals surface area contributed by atoms with Crippen LogP contribution in [0.1, 0.15) is 11.3 Å². The van der Waals surface area contributed by atoms with Gasteiger partial charge < -0.3 is 10.1 Å². The van der Waals surface area contributed by atoms with Crippen LogP contribution in [-0.2, 0) is 13.0 Å². The molecule has 0 atom stereocenters. The average Bonchev–Trinajstić information content (AvgIpc) is 2.46. The molecule has 4 nitrogen and oxygen atoms in total. The van der Waals surface area contributed by atoms with Crippen molar-refractivity contribution in [3.63, 3.8) is 0 Å². The van der Waals surface area contributed by atoms with Gasteiger partial charge in [-0.15, -0.1) is 0 Å². The van der Waals surface area contributed by atoms with Crippen LogP contribution in [-0.4, -0.2) is 23.6 Å². The molecule has 1 aromatic heterocycles. The fourth-order valence-corrected chi connectivity index (χ4v) is 2.32. The van der Waals surface area contributed by atoms with Crippen molar-refractivity contribution in [1.82, 2.24) is 15.3 Å². The quantitative estimate of drug-likeness (QED) is 0.895. The van der Waals surface area contributed by atoms with Crippen molar-refractivity contribution < 1.29 is 9.13 Å². The van der Waals surface area contributed by atoms with Crippen molar-refractivity contribution in [3.05, 3.63) is 41.6 Å². The molecule has 1 aliphatic rings. The number of fused-ring (bicyclic) bond motifs is 1. The number of aromatic nitrogens is 2. The van der Waals surface area contributed by atoms with Crippen molar-refractivity contribution in [1.29, 1.82) is 0 Å². The summed E-state index contributed by atoms with van der Waals surface area (Å²) in [5.41, 5.74) is 3.14. The van der Waals surface area contributed by atoms with Gasteiger partial charge in [-0.25, -0.2) is 14.4 Å². The Labute approximate surface area is 110 Å². The molecular formula is C14H14FN3O. The topological polar surface area (TPSA) is 47.0 Å². The molecule has 1 aliphatic heterocycles. The summed E-state index contributed by atoms with van der Waals surface area (Å²) in [5, 5.41) is 3.27. The number of hydrogen-bond donors (Lipinski definition) is 1. The first-order valence-electron chi connectivity index (χ1n) is 6.17. The van der Waals surface area contributed by atoms with Crippen LogP contribution in [0, 0.1) is 5.82 Å². The SMILES string of the molecule is COc1ccc(-c2ncnc3c2CNCC3)c(F)c1. The maximum Gasteiger partial charge on any atom is 0.136 e. The molecule has 2 aromatic rings. The molecule has 0 amide bonds. The molecule has 0 saturated carbocycles. The molecule has 98 valence electrons. The standard InChI is InChI=1S/C14H14FN3O/c1-19-9-2-3-10(12(15)6-9)14-11-7-16-5-4-13(11)17-8-18-14/h2-3,6,8,16H,4-5,7H2,1H3. The first-order chi connectivity index (χ1) is 9.29. The number of ether oxygens (including phenoxy) is 1. The molecule has 0 aliphatic carbocycles. The third-order valence-corrected chi connectivity index (χ3v) is 3.31. The van der Waals surface area contributed by atoms with Crippen molar-refractivity contribution >= 4 is 0 Å². The van der Waals surface area contributed by atoms with Gasteiger partial charge in [0.05, 0.1) is 18.5 Å². The summed E-state index contributed by atoms with van der Waals surface area (Å²) in [4.78, 5) is 8.52. The van der Waals surface area contributed by atoms with E-state index in [9.17, 15) is 4.39 Å². The summed E-state index contributed by atoms with van der Waals surface area (Å²) in [5.74, 6) is 0.174. The maximum absolute atomic E-state index is 14.1.